The van der Waals surface area contributed by atoms with Gasteiger partial charge in [-0.3, -0.25) is 4.79 Å². The molecule has 0 atom stereocenters. The minimum Gasteiger partial charge on any atom is -0.288 e. The van der Waals surface area contributed by atoms with Crippen LogP contribution in [0.5, 0.6) is 0 Å². The quantitative estimate of drug-likeness (QED) is 0.285. The van der Waals surface area contributed by atoms with Crippen LogP contribution in [0, 0.1) is 24.1 Å². The van der Waals surface area contributed by atoms with E-state index < -0.39 is 11.6 Å². The standard InChI is InChI=1S/C20H12ClFN2O/c1-12-2-3-14-9-15(20(21)24-18(14)8-12)10-16(11-23)19(25)13-4-6-17(22)7-5-13/h2-10H,1H3/b16-10+. The molecule has 25 heavy (non-hydrogen) atoms. The molecule has 3 nitrogen and oxygen atoms in total. The van der Waals surface area contributed by atoms with Crippen LogP contribution in [-0.2, 0) is 0 Å². The number of pyridine rings is 1. The van der Waals surface area contributed by atoms with Crippen molar-refractivity contribution in [3.8, 4) is 6.07 Å². The number of benzene rings is 2. The van der Waals surface area contributed by atoms with Crippen LogP contribution in [0.25, 0.3) is 17.0 Å². The lowest BCUT2D eigenvalue weighted by Gasteiger charge is -2.05. The number of aromatic nitrogens is 1. The molecule has 0 spiro atoms. The Labute approximate surface area is 149 Å². The van der Waals surface area contributed by atoms with Gasteiger partial charge in [-0.2, -0.15) is 5.26 Å². The van der Waals surface area contributed by atoms with Crippen LogP contribution in [0.4, 0.5) is 4.39 Å². The van der Waals surface area contributed by atoms with Crippen molar-refractivity contribution in [3.63, 3.8) is 0 Å². The number of Topliss-reactive ketones (excluding diaryl/α,β-unsaturated/α-hetero) is 1. The van der Waals surface area contributed by atoms with Gasteiger partial charge in [0.25, 0.3) is 0 Å². The second kappa shape index (κ2) is 6.84. The number of aryl methyl sites for hydroxylation is 1. The molecule has 0 amide bonds. The average molecular weight is 351 g/mol. The summed E-state index contributed by atoms with van der Waals surface area (Å²) in [6, 6.07) is 14.4. The van der Waals surface area contributed by atoms with Crippen molar-refractivity contribution in [2.45, 2.75) is 6.92 Å². The van der Waals surface area contributed by atoms with E-state index >= 15 is 0 Å². The molecule has 0 aliphatic rings. The van der Waals surface area contributed by atoms with Gasteiger partial charge in [-0.05, 0) is 55.0 Å². The molecule has 0 aliphatic carbocycles. The lowest BCUT2D eigenvalue weighted by molar-refractivity contribution is 0.104. The zero-order valence-electron chi connectivity index (χ0n) is 13.3. The Kier molecular flexibility index (Phi) is 4.60. The summed E-state index contributed by atoms with van der Waals surface area (Å²) in [7, 11) is 0. The zero-order chi connectivity index (χ0) is 18.0. The van der Waals surface area contributed by atoms with Crippen LogP contribution >= 0.6 is 11.6 Å². The normalized spacial score (nSPS) is 11.4. The minimum absolute atomic E-state index is 0.0956. The van der Waals surface area contributed by atoms with Crippen molar-refractivity contribution in [1.82, 2.24) is 4.98 Å². The molecule has 122 valence electrons. The predicted molar refractivity (Wildman–Crippen MR) is 95.8 cm³/mol. The highest BCUT2D eigenvalue weighted by Crippen LogP contribution is 2.24. The van der Waals surface area contributed by atoms with Crippen LogP contribution in [0.2, 0.25) is 5.15 Å². The van der Waals surface area contributed by atoms with E-state index in [-0.39, 0.29) is 16.3 Å². The van der Waals surface area contributed by atoms with Crippen molar-refractivity contribution < 1.29 is 9.18 Å². The monoisotopic (exact) mass is 350 g/mol. The number of ketones is 1. The summed E-state index contributed by atoms with van der Waals surface area (Å²) in [5.41, 5.74) is 2.41. The molecule has 0 saturated heterocycles. The van der Waals surface area contributed by atoms with Crippen molar-refractivity contribution in [3.05, 3.63) is 81.8 Å². The summed E-state index contributed by atoms with van der Waals surface area (Å²) in [5, 5.41) is 10.4. The van der Waals surface area contributed by atoms with E-state index in [4.69, 9.17) is 11.6 Å². The molecule has 0 bridgehead atoms. The van der Waals surface area contributed by atoms with Gasteiger partial charge in [0, 0.05) is 16.5 Å². The number of rotatable bonds is 3. The number of nitriles is 1. The van der Waals surface area contributed by atoms with Crippen LogP contribution in [-0.4, -0.2) is 10.8 Å². The number of fused-ring (bicyclic) bond motifs is 1. The first-order chi connectivity index (χ1) is 12.0. The molecular formula is C20H12ClFN2O. The van der Waals surface area contributed by atoms with Gasteiger partial charge in [-0.25, -0.2) is 9.37 Å². The highest BCUT2D eigenvalue weighted by Gasteiger charge is 2.14. The molecule has 3 aromatic rings. The fourth-order valence-corrected chi connectivity index (χ4v) is 2.63. The van der Waals surface area contributed by atoms with Gasteiger partial charge in [0.05, 0.1) is 5.52 Å². The second-order valence-electron chi connectivity index (χ2n) is 5.57. The topological polar surface area (TPSA) is 53.8 Å². The van der Waals surface area contributed by atoms with Gasteiger partial charge in [0.15, 0.2) is 0 Å². The van der Waals surface area contributed by atoms with Gasteiger partial charge in [0.2, 0.25) is 5.78 Å². The molecule has 1 heterocycles. The number of allylic oxidation sites excluding steroid dienone is 1. The number of nitrogens with zero attached hydrogens (tertiary/aromatic N) is 2. The molecule has 1 aromatic heterocycles. The van der Waals surface area contributed by atoms with Crippen molar-refractivity contribution in [1.29, 1.82) is 5.26 Å². The average Bonchev–Trinajstić information content (AvgIpc) is 2.60. The van der Waals surface area contributed by atoms with Crippen LogP contribution in [0.3, 0.4) is 0 Å². The van der Waals surface area contributed by atoms with E-state index in [0.717, 1.165) is 16.5 Å². The predicted octanol–water partition coefficient (Wildman–Crippen LogP) is 5.13. The lowest BCUT2D eigenvalue weighted by atomic mass is 10.0. The molecule has 0 unspecified atom stereocenters. The number of halogens is 2. The summed E-state index contributed by atoms with van der Waals surface area (Å²) in [4.78, 5) is 16.8. The largest absolute Gasteiger partial charge is 0.288 e. The fraction of sp³-hybridized carbons (Fsp3) is 0.0500. The van der Waals surface area contributed by atoms with Gasteiger partial charge >= 0.3 is 0 Å². The first-order valence-electron chi connectivity index (χ1n) is 7.47. The highest BCUT2D eigenvalue weighted by molar-refractivity contribution is 6.31. The summed E-state index contributed by atoms with van der Waals surface area (Å²) < 4.78 is 13.0. The van der Waals surface area contributed by atoms with Gasteiger partial charge in [0.1, 0.15) is 22.6 Å². The first-order valence-corrected chi connectivity index (χ1v) is 7.84. The molecule has 0 N–H and O–H groups in total. The number of hydrogen-bond donors (Lipinski definition) is 0. The number of carbonyl (C=O) groups excluding carboxylic acids is 1. The smallest absolute Gasteiger partial charge is 0.203 e. The maximum Gasteiger partial charge on any atom is 0.203 e. The molecule has 0 fully saturated rings. The molecule has 0 saturated carbocycles. The Morgan fingerprint density at radius 2 is 1.92 bits per heavy atom. The van der Waals surface area contributed by atoms with Crippen LogP contribution in [0.1, 0.15) is 21.5 Å². The third-order valence-electron chi connectivity index (χ3n) is 3.73. The third-order valence-corrected chi connectivity index (χ3v) is 4.03. The van der Waals surface area contributed by atoms with Crippen molar-refractivity contribution in [2.24, 2.45) is 0 Å². The summed E-state index contributed by atoms with van der Waals surface area (Å²) in [5.74, 6) is -0.946. The summed E-state index contributed by atoms with van der Waals surface area (Å²) >= 11 is 6.20. The van der Waals surface area contributed by atoms with E-state index in [1.54, 1.807) is 6.07 Å². The van der Waals surface area contributed by atoms with E-state index in [9.17, 15) is 14.4 Å². The first kappa shape index (κ1) is 16.8. The molecule has 5 heteroatoms. The SMILES string of the molecule is Cc1ccc2cc(/C=C(\C#N)C(=O)c3ccc(F)cc3)c(Cl)nc2c1. The van der Waals surface area contributed by atoms with Crippen molar-refractivity contribution >= 4 is 34.4 Å². The molecule has 3 rings (SSSR count). The highest BCUT2D eigenvalue weighted by atomic mass is 35.5. The summed E-state index contributed by atoms with van der Waals surface area (Å²) in [6.45, 7) is 1.96. The number of carbonyl (C=O) groups is 1. The van der Waals surface area contributed by atoms with E-state index in [2.05, 4.69) is 4.98 Å². The Balaban J connectivity index is 2.05. The van der Waals surface area contributed by atoms with Crippen molar-refractivity contribution in [2.75, 3.05) is 0 Å². The number of hydrogen-bond acceptors (Lipinski definition) is 3. The molecule has 0 radical (unpaired) electrons. The van der Waals surface area contributed by atoms with Gasteiger partial charge in [-0.15, -0.1) is 0 Å². The molecular weight excluding hydrogens is 339 g/mol. The molecule has 0 aliphatic heterocycles. The van der Waals surface area contributed by atoms with Gasteiger partial charge < -0.3 is 0 Å². The second-order valence-corrected chi connectivity index (χ2v) is 5.93. The summed E-state index contributed by atoms with van der Waals surface area (Å²) in [6.07, 6.45) is 1.40. The zero-order valence-corrected chi connectivity index (χ0v) is 14.0. The Bertz CT molecular complexity index is 1050. The van der Waals surface area contributed by atoms with E-state index in [0.29, 0.717) is 5.56 Å². The van der Waals surface area contributed by atoms with Gasteiger partial charge in [-0.1, -0.05) is 23.7 Å². The Morgan fingerprint density at radius 1 is 1.20 bits per heavy atom. The Morgan fingerprint density at radius 3 is 2.60 bits per heavy atom. The minimum atomic E-state index is -0.498. The van der Waals surface area contributed by atoms with E-state index in [1.165, 1.54) is 30.3 Å². The van der Waals surface area contributed by atoms with E-state index in [1.807, 2.05) is 31.2 Å². The maximum atomic E-state index is 13.0. The van der Waals surface area contributed by atoms with Crippen LogP contribution in [0.15, 0.2) is 54.1 Å². The fourth-order valence-electron chi connectivity index (χ4n) is 2.43. The lowest BCUT2D eigenvalue weighted by Crippen LogP contribution is -2.02. The molecule has 2 aromatic carbocycles. The Hall–Kier alpha value is -3.03. The third kappa shape index (κ3) is 3.57. The maximum absolute atomic E-state index is 13.0. The van der Waals surface area contributed by atoms with Crippen LogP contribution < -0.4 is 0 Å².